The van der Waals surface area contributed by atoms with E-state index in [9.17, 15) is 8.42 Å². The summed E-state index contributed by atoms with van der Waals surface area (Å²) in [7, 11) is -3.65. The molecule has 2 rings (SSSR count). The monoisotopic (exact) mass is 370 g/mol. The van der Waals surface area contributed by atoms with Gasteiger partial charge in [-0.15, -0.1) is 0 Å². The maximum atomic E-state index is 12.2. The van der Waals surface area contributed by atoms with Crippen molar-refractivity contribution in [2.75, 3.05) is 11.3 Å². The quantitative estimate of drug-likeness (QED) is 0.813. The summed E-state index contributed by atoms with van der Waals surface area (Å²) in [5, 5.41) is 3.18. The highest BCUT2D eigenvalue weighted by Crippen LogP contribution is 2.15. The Morgan fingerprint density at radius 1 is 1.14 bits per heavy atom. The second-order valence-corrected chi connectivity index (χ2v) is 6.75. The van der Waals surface area contributed by atoms with Crippen LogP contribution in [-0.4, -0.2) is 24.9 Å². The number of rotatable bonds is 6. The average Bonchev–Trinajstić information content (AvgIpc) is 2.48. The summed E-state index contributed by atoms with van der Waals surface area (Å²) in [6.07, 6.45) is 2.78. The molecule has 1 aromatic heterocycles. The highest BCUT2D eigenvalue weighted by molar-refractivity contribution is 9.10. The highest BCUT2D eigenvalue weighted by Gasteiger charge is 2.14. The third kappa shape index (κ3) is 4.48. The molecular weight excluding hydrogens is 356 g/mol. The van der Waals surface area contributed by atoms with E-state index in [1.165, 1.54) is 12.4 Å². The van der Waals surface area contributed by atoms with Gasteiger partial charge in [0.1, 0.15) is 4.60 Å². The van der Waals surface area contributed by atoms with Gasteiger partial charge in [-0.3, -0.25) is 4.72 Å². The van der Waals surface area contributed by atoms with E-state index in [0.29, 0.717) is 11.1 Å². The fraction of sp³-hybridized carbons (Fsp3) is 0.231. The number of nitrogens with one attached hydrogen (secondary N) is 2. The zero-order valence-corrected chi connectivity index (χ0v) is 13.8. The number of hydrogen-bond donors (Lipinski definition) is 2. The van der Waals surface area contributed by atoms with E-state index in [1.54, 1.807) is 24.3 Å². The second kappa shape index (κ2) is 6.97. The van der Waals surface area contributed by atoms with Crippen molar-refractivity contribution in [2.24, 2.45) is 0 Å². The van der Waals surface area contributed by atoms with Crippen LogP contribution >= 0.6 is 15.9 Å². The maximum absolute atomic E-state index is 12.2. The lowest BCUT2D eigenvalue weighted by Crippen LogP contribution is -2.15. The van der Waals surface area contributed by atoms with Crippen molar-refractivity contribution in [2.45, 2.75) is 18.4 Å². The predicted octanol–water partition coefficient (Wildman–Crippen LogP) is 2.15. The van der Waals surface area contributed by atoms with Crippen LogP contribution in [0.4, 0.5) is 5.82 Å². The molecule has 1 aromatic carbocycles. The molecule has 2 N–H and O–H groups in total. The minimum Gasteiger partial charge on any atom is -0.313 e. The minimum absolute atomic E-state index is 0.176. The number of anilines is 1. The summed E-state index contributed by atoms with van der Waals surface area (Å²) in [5.41, 5.74) is 1.03. The van der Waals surface area contributed by atoms with E-state index in [0.717, 1.165) is 12.1 Å². The molecule has 21 heavy (non-hydrogen) atoms. The molecule has 0 bridgehead atoms. The topological polar surface area (TPSA) is 84.0 Å². The third-order valence-electron chi connectivity index (χ3n) is 2.67. The van der Waals surface area contributed by atoms with Gasteiger partial charge >= 0.3 is 0 Å². The van der Waals surface area contributed by atoms with Crippen LogP contribution in [0, 0.1) is 0 Å². The van der Waals surface area contributed by atoms with Gasteiger partial charge in [-0.05, 0) is 40.2 Å². The van der Waals surface area contributed by atoms with E-state index in [1.807, 2.05) is 6.92 Å². The number of halogens is 1. The molecular formula is C13H15BrN4O2S. The molecule has 1 heterocycles. The summed E-state index contributed by atoms with van der Waals surface area (Å²) >= 11 is 3.14. The first-order valence-corrected chi connectivity index (χ1v) is 8.59. The summed E-state index contributed by atoms with van der Waals surface area (Å²) < 4.78 is 27.3. The highest BCUT2D eigenvalue weighted by atomic mass is 79.9. The molecule has 0 saturated carbocycles. The number of sulfonamides is 1. The van der Waals surface area contributed by atoms with Crippen LogP contribution in [0.1, 0.15) is 12.5 Å². The molecule has 6 nitrogen and oxygen atoms in total. The molecule has 0 amide bonds. The van der Waals surface area contributed by atoms with Crippen LogP contribution in [0.3, 0.4) is 0 Å². The molecule has 0 fully saturated rings. The van der Waals surface area contributed by atoms with Crippen molar-refractivity contribution in [3.05, 3.63) is 46.8 Å². The molecule has 2 aromatic rings. The van der Waals surface area contributed by atoms with Gasteiger partial charge in [0.05, 0.1) is 17.3 Å². The largest absolute Gasteiger partial charge is 0.313 e. The van der Waals surface area contributed by atoms with Crippen molar-refractivity contribution >= 4 is 31.8 Å². The molecule has 0 spiro atoms. The zero-order valence-electron chi connectivity index (χ0n) is 11.4. The van der Waals surface area contributed by atoms with Crippen LogP contribution < -0.4 is 10.0 Å². The lowest BCUT2D eigenvalue weighted by molar-refractivity contribution is 0.601. The molecule has 8 heteroatoms. The zero-order chi connectivity index (χ0) is 15.3. The van der Waals surface area contributed by atoms with Gasteiger partial charge in [-0.25, -0.2) is 18.4 Å². The Morgan fingerprint density at radius 3 is 2.43 bits per heavy atom. The first-order valence-electron chi connectivity index (χ1n) is 6.31. The van der Waals surface area contributed by atoms with Gasteiger partial charge < -0.3 is 5.32 Å². The number of benzene rings is 1. The van der Waals surface area contributed by atoms with Crippen LogP contribution in [0.25, 0.3) is 0 Å². The van der Waals surface area contributed by atoms with Gasteiger partial charge in [-0.1, -0.05) is 19.1 Å². The normalized spacial score (nSPS) is 11.3. The van der Waals surface area contributed by atoms with E-state index in [4.69, 9.17) is 0 Å². The van der Waals surface area contributed by atoms with Crippen LogP contribution in [0.5, 0.6) is 0 Å². The van der Waals surface area contributed by atoms with Crippen molar-refractivity contribution in [3.8, 4) is 0 Å². The Kier molecular flexibility index (Phi) is 5.27. The lowest BCUT2D eigenvalue weighted by atomic mass is 10.2. The van der Waals surface area contributed by atoms with Gasteiger partial charge in [0, 0.05) is 6.54 Å². The molecule has 0 aliphatic heterocycles. The van der Waals surface area contributed by atoms with Gasteiger partial charge in [0.25, 0.3) is 10.0 Å². The Hall–Kier alpha value is -1.51. The molecule has 0 aliphatic rings. The smallest absolute Gasteiger partial charge is 0.263 e. The second-order valence-electron chi connectivity index (χ2n) is 4.25. The van der Waals surface area contributed by atoms with Gasteiger partial charge in [-0.2, -0.15) is 0 Å². The first-order chi connectivity index (χ1) is 10.0. The van der Waals surface area contributed by atoms with Crippen LogP contribution in [0.2, 0.25) is 0 Å². The number of nitrogens with zero attached hydrogens (tertiary/aromatic N) is 2. The van der Waals surface area contributed by atoms with Crippen LogP contribution in [0.15, 0.2) is 46.2 Å². The van der Waals surface area contributed by atoms with Crippen molar-refractivity contribution < 1.29 is 8.42 Å². The lowest BCUT2D eigenvalue weighted by Gasteiger charge is -2.08. The molecule has 0 unspecified atom stereocenters. The standard InChI is InChI=1S/C13H15BrN4O2S/c1-2-15-7-10-3-5-11(6-4-10)21(19,20)18-13-9-16-12(14)8-17-13/h3-6,8-9,15H,2,7H2,1H3,(H,17,18). The van der Waals surface area contributed by atoms with E-state index in [-0.39, 0.29) is 10.7 Å². The van der Waals surface area contributed by atoms with Crippen molar-refractivity contribution in [1.82, 2.24) is 15.3 Å². The third-order valence-corrected chi connectivity index (χ3v) is 4.45. The predicted molar refractivity (Wildman–Crippen MR) is 84.4 cm³/mol. The summed E-state index contributed by atoms with van der Waals surface area (Å²) in [4.78, 5) is 8.05. The SMILES string of the molecule is CCNCc1ccc(S(=O)(=O)Nc2cnc(Br)cn2)cc1. The molecule has 0 atom stereocenters. The van der Waals surface area contributed by atoms with E-state index in [2.05, 4.69) is 35.9 Å². The minimum atomic E-state index is -3.65. The fourth-order valence-electron chi connectivity index (χ4n) is 1.62. The summed E-state index contributed by atoms with van der Waals surface area (Å²) in [6.45, 7) is 3.59. The average molecular weight is 371 g/mol. The van der Waals surface area contributed by atoms with E-state index < -0.39 is 10.0 Å². The molecule has 0 radical (unpaired) electrons. The number of aromatic nitrogens is 2. The Labute approximate surface area is 132 Å². The number of hydrogen-bond acceptors (Lipinski definition) is 5. The van der Waals surface area contributed by atoms with E-state index >= 15 is 0 Å². The fourth-order valence-corrected chi connectivity index (χ4v) is 2.82. The summed E-state index contributed by atoms with van der Waals surface area (Å²) in [6, 6.07) is 6.71. The van der Waals surface area contributed by atoms with Crippen molar-refractivity contribution in [1.29, 1.82) is 0 Å². The Balaban J connectivity index is 2.13. The molecule has 0 aliphatic carbocycles. The first kappa shape index (κ1) is 15.9. The van der Waals surface area contributed by atoms with Crippen LogP contribution in [-0.2, 0) is 16.6 Å². The maximum Gasteiger partial charge on any atom is 0.263 e. The molecule has 112 valence electrons. The Bertz CT molecular complexity index is 687. The van der Waals surface area contributed by atoms with Gasteiger partial charge in [0.2, 0.25) is 0 Å². The Morgan fingerprint density at radius 2 is 1.86 bits per heavy atom. The van der Waals surface area contributed by atoms with Crippen molar-refractivity contribution in [3.63, 3.8) is 0 Å². The van der Waals surface area contributed by atoms with Gasteiger partial charge in [0.15, 0.2) is 5.82 Å². The summed E-state index contributed by atoms with van der Waals surface area (Å²) in [5.74, 6) is 0.176. The molecule has 0 saturated heterocycles.